The Kier molecular flexibility index (Phi) is 5.08. The summed E-state index contributed by atoms with van der Waals surface area (Å²) in [6.07, 6.45) is 6.38. The highest BCUT2D eigenvalue weighted by Gasteiger charge is 2.06. The van der Waals surface area contributed by atoms with Crippen molar-refractivity contribution in [3.8, 4) is 11.8 Å². The minimum atomic E-state index is 0.567. The average molecular weight is 194 g/mol. The van der Waals surface area contributed by atoms with Crippen LogP contribution in [0.5, 0.6) is 0 Å². The maximum Gasteiger partial charge on any atom is 0.0660 e. The molecule has 1 atom stereocenters. The Labute approximate surface area is 86.2 Å². The van der Waals surface area contributed by atoms with Crippen molar-refractivity contribution in [1.82, 2.24) is 0 Å². The van der Waals surface area contributed by atoms with Gasteiger partial charge in [-0.1, -0.05) is 30.9 Å². The molecule has 0 aromatic rings. The minimum absolute atomic E-state index is 0.567. The fraction of sp³-hybridized carbons (Fsp3) is 0.667. The molecule has 0 saturated carbocycles. The summed E-state index contributed by atoms with van der Waals surface area (Å²) in [7, 11) is 0. The summed E-state index contributed by atoms with van der Waals surface area (Å²) in [5.74, 6) is 7.68. The fourth-order valence-corrected chi connectivity index (χ4v) is 2.33. The van der Waals surface area contributed by atoms with Crippen LogP contribution in [0, 0.1) is 11.8 Å². The van der Waals surface area contributed by atoms with Crippen LogP contribution in [0.4, 0.5) is 0 Å². The van der Waals surface area contributed by atoms with Gasteiger partial charge in [-0.25, -0.2) is 0 Å². The van der Waals surface area contributed by atoms with E-state index in [0.717, 1.165) is 12.2 Å². The van der Waals surface area contributed by atoms with Crippen LogP contribution in [0.1, 0.15) is 39.0 Å². The molecule has 1 aliphatic rings. The molecule has 0 amide bonds. The molecule has 0 fully saturated rings. The van der Waals surface area contributed by atoms with Crippen LogP contribution in [0.3, 0.4) is 0 Å². The first-order valence-corrected chi connectivity index (χ1v) is 6.08. The van der Waals surface area contributed by atoms with E-state index >= 15 is 0 Å². The quantitative estimate of drug-likeness (QED) is 0.488. The molecule has 0 saturated heterocycles. The summed E-state index contributed by atoms with van der Waals surface area (Å²) in [5.41, 5.74) is 1.26. The zero-order chi connectivity index (χ0) is 9.52. The highest BCUT2D eigenvalue weighted by Crippen LogP contribution is 2.20. The largest absolute Gasteiger partial charge is 0.141 e. The molecule has 0 radical (unpaired) electrons. The van der Waals surface area contributed by atoms with Gasteiger partial charge in [-0.05, 0) is 19.8 Å². The predicted octanol–water partition coefficient (Wildman–Crippen LogP) is 3.63. The van der Waals surface area contributed by atoms with Gasteiger partial charge in [0.2, 0.25) is 0 Å². The molecule has 72 valence electrons. The van der Waals surface area contributed by atoms with Crippen LogP contribution < -0.4 is 0 Å². The molecule has 13 heavy (non-hydrogen) atoms. The third kappa shape index (κ3) is 5.05. The van der Waals surface area contributed by atoms with E-state index in [-0.39, 0.29) is 0 Å². The zero-order valence-electron chi connectivity index (χ0n) is 8.44. The molecule has 0 bridgehead atoms. The summed E-state index contributed by atoms with van der Waals surface area (Å²) >= 11 is 1.95. The lowest BCUT2D eigenvalue weighted by Crippen LogP contribution is -2.02. The van der Waals surface area contributed by atoms with Gasteiger partial charge in [0, 0.05) is 12.2 Å². The average Bonchev–Trinajstić information content (AvgIpc) is 2.01. The number of hydrogen-bond acceptors (Lipinski definition) is 1. The van der Waals surface area contributed by atoms with Crippen LogP contribution in [-0.4, -0.2) is 11.0 Å². The zero-order valence-corrected chi connectivity index (χ0v) is 9.25. The number of thioether (sulfide) groups is 1. The molecule has 1 heteroatoms. The second-order valence-corrected chi connectivity index (χ2v) is 4.87. The lowest BCUT2D eigenvalue weighted by Gasteiger charge is -2.11. The van der Waals surface area contributed by atoms with Gasteiger partial charge in [0.25, 0.3) is 0 Å². The molecule has 0 N–H and O–H groups in total. The van der Waals surface area contributed by atoms with E-state index in [1.165, 1.54) is 31.3 Å². The first-order valence-electron chi connectivity index (χ1n) is 5.03. The van der Waals surface area contributed by atoms with Gasteiger partial charge >= 0.3 is 0 Å². The van der Waals surface area contributed by atoms with Gasteiger partial charge in [-0.15, -0.1) is 17.7 Å². The van der Waals surface area contributed by atoms with Crippen molar-refractivity contribution in [2.75, 3.05) is 5.75 Å². The first kappa shape index (κ1) is 10.7. The van der Waals surface area contributed by atoms with E-state index in [2.05, 4.69) is 25.3 Å². The molecular formula is C12H18S. The highest BCUT2D eigenvalue weighted by atomic mass is 32.2. The first-order chi connectivity index (χ1) is 6.29. The summed E-state index contributed by atoms with van der Waals surface area (Å²) in [6, 6.07) is 0. The van der Waals surface area contributed by atoms with E-state index in [1.807, 2.05) is 11.8 Å². The summed E-state index contributed by atoms with van der Waals surface area (Å²) < 4.78 is 0. The SMILES string of the molecule is C=C(C)CSC1C#CCCCCC1. The van der Waals surface area contributed by atoms with Crippen molar-refractivity contribution < 1.29 is 0 Å². The van der Waals surface area contributed by atoms with E-state index in [0.29, 0.717) is 5.25 Å². The fourth-order valence-electron chi connectivity index (χ4n) is 1.35. The van der Waals surface area contributed by atoms with Crippen LogP contribution in [0.25, 0.3) is 0 Å². The van der Waals surface area contributed by atoms with Crippen molar-refractivity contribution >= 4 is 11.8 Å². The van der Waals surface area contributed by atoms with Crippen molar-refractivity contribution in [1.29, 1.82) is 0 Å². The van der Waals surface area contributed by atoms with Gasteiger partial charge in [-0.2, -0.15) is 0 Å². The topological polar surface area (TPSA) is 0 Å². The molecule has 0 heterocycles. The van der Waals surface area contributed by atoms with Gasteiger partial charge in [0.05, 0.1) is 5.25 Å². The van der Waals surface area contributed by atoms with Crippen molar-refractivity contribution in [3.05, 3.63) is 12.2 Å². The van der Waals surface area contributed by atoms with E-state index in [4.69, 9.17) is 0 Å². The van der Waals surface area contributed by atoms with Crippen molar-refractivity contribution in [2.24, 2.45) is 0 Å². The normalized spacial score (nSPS) is 22.4. The van der Waals surface area contributed by atoms with E-state index in [9.17, 15) is 0 Å². The molecule has 0 spiro atoms. The van der Waals surface area contributed by atoms with Crippen molar-refractivity contribution in [2.45, 2.75) is 44.3 Å². The third-order valence-corrected chi connectivity index (χ3v) is 3.48. The van der Waals surface area contributed by atoms with Crippen molar-refractivity contribution in [3.63, 3.8) is 0 Å². The molecule has 1 unspecified atom stereocenters. The Morgan fingerprint density at radius 1 is 1.46 bits per heavy atom. The predicted molar refractivity (Wildman–Crippen MR) is 61.9 cm³/mol. The number of hydrogen-bond donors (Lipinski definition) is 0. The standard InChI is InChI=1S/C12H18S/c1-11(2)10-13-12-8-6-4-3-5-7-9-12/h12H,1,3-6,8,10H2,2H3. The molecule has 0 aliphatic heterocycles. The Morgan fingerprint density at radius 3 is 3.08 bits per heavy atom. The van der Waals surface area contributed by atoms with Crippen LogP contribution in [0.2, 0.25) is 0 Å². The van der Waals surface area contributed by atoms with Gasteiger partial charge in [0.1, 0.15) is 0 Å². The summed E-state index contributed by atoms with van der Waals surface area (Å²) in [4.78, 5) is 0. The molecular weight excluding hydrogens is 176 g/mol. The smallest absolute Gasteiger partial charge is 0.0660 e. The molecule has 1 rings (SSSR count). The maximum absolute atomic E-state index is 3.91. The van der Waals surface area contributed by atoms with Crippen LogP contribution >= 0.6 is 11.8 Å². The maximum atomic E-state index is 3.91. The summed E-state index contributed by atoms with van der Waals surface area (Å²) in [6.45, 7) is 6.00. The third-order valence-electron chi connectivity index (χ3n) is 2.06. The Bertz CT molecular complexity index is 219. The van der Waals surface area contributed by atoms with Gasteiger partial charge < -0.3 is 0 Å². The minimum Gasteiger partial charge on any atom is -0.141 e. The number of rotatable bonds is 3. The van der Waals surface area contributed by atoms with Gasteiger partial charge in [-0.3, -0.25) is 0 Å². The lowest BCUT2D eigenvalue weighted by molar-refractivity contribution is 0.657. The Hall–Kier alpha value is -0.350. The monoisotopic (exact) mass is 194 g/mol. The van der Waals surface area contributed by atoms with Crippen LogP contribution in [0.15, 0.2) is 12.2 Å². The van der Waals surface area contributed by atoms with Crippen LogP contribution in [-0.2, 0) is 0 Å². The lowest BCUT2D eigenvalue weighted by atomic mass is 10.1. The molecule has 0 nitrogen and oxygen atoms in total. The Morgan fingerprint density at radius 2 is 2.31 bits per heavy atom. The second kappa shape index (κ2) is 6.16. The highest BCUT2D eigenvalue weighted by molar-refractivity contribution is 8.00. The molecule has 0 aromatic heterocycles. The van der Waals surface area contributed by atoms with E-state index < -0.39 is 0 Å². The Balaban J connectivity index is 2.32. The second-order valence-electron chi connectivity index (χ2n) is 3.68. The van der Waals surface area contributed by atoms with E-state index in [1.54, 1.807) is 0 Å². The summed E-state index contributed by atoms with van der Waals surface area (Å²) in [5, 5.41) is 0.567. The molecule has 0 aromatic carbocycles. The van der Waals surface area contributed by atoms with Gasteiger partial charge in [0.15, 0.2) is 0 Å². The molecule has 1 aliphatic carbocycles.